The maximum Gasteiger partial charge on any atom is 0.317 e. The third kappa shape index (κ3) is 4.39. The highest BCUT2D eigenvalue weighted by molar-refractivity contribution is 5.75. The van der Waals surface area contributed by atoms with Crippen molar-refractivity contribution in [1.29, 1.82) is 0 Å². The summed E-state index contributed by atoms with van der Waals surface area (Å²) in [6.45, 7) is 1.76. The molecule has 1 atom stereocenters. The number of aryl methyl sites for hydroxylation is 2. The SMILES string of the molecule is O=C(NCCCn1ccnc1)N(CCO)C1CCCc2ccccc21. The Balaban J connectivity index is 1.59. The molecule has 0 saturated heterocycles. The number of nitrogens with zero attached hydrogens (tertiary/aromatic N) is 3. The molecule has 1 unspecified atom stereocenters. The molecule has 0 bridgehead atoms. The first-order chi connectivity index (χ1) is 12.3. The third-order valence-electron chi connectivity index (χ3n) is 4.74. The molecule has 1 aromatic heterocycles. The molecular weight excluding hydrogens is 316 g/mol. The molecule has 0 aliphatic heterocycles. The number of hydrogen-bond donors (Lipinski definition) is 2. The summed E-state index contributed by atoms with van der Waals surface area (Å²) in [4.78, 5) is 18.5. The molecule has 2 N–H and O–H groups in total. The van der Waals surface area contributed by atoms with Crippen molar-refractivity contribution in [2.45, 2.75) is 38.3 Å². The number of aromatic nitrogens is 2. The summed E-state index contributed by atoms with van der Waals surface area (Å²) < 4.78 is 2.00. The highest BCUT2D eigenvalue weighted by Gasteiger charge is 2.28. The number of carbonyl (C=O) groups excluding carboxylic acids is 1. The van der Waals surface area contributed by atoms with E-state index in [0.29, 0.717) is 13.1 Å². The van der Waals surface area contributed by atoms with E-state index in [1.54, 1.807) is 17.4 Å². The lowest BCUT2D eigenvalue weighted by atomic mass is 9.87. The van der Waals surface area contributed by atoms with Crippen LogP contribution >= 0.6 is 0 Å². The Morgan fingerprint density at radius 3 is 3.08 bits per heavy atom. The van der Waals surface area contributed by atoms with E-state index in [2.05, 4.69) is 22.4 Å². The first kappa shape index (κ1) is 17.5. The lowest BCUT2D eigenvalue weighted by Crippen LogP contribution is -2.45. The van der Waals surface area contributed by atoms with Gasteiger partial charge in [0.1, 0.15) is 0 Å². The minimum atomic E-state index is -0.0959. The Labute approximate surface area is 148 Å². The van der Waals surface area contributed by atoms with Gasteiger partial charge in [0.2, 0.25) is 0 Å². The van der Waals surface area contributed by atoms with Gasteiger partial charge in [-0.15, -0.1) is 0 Å². The van der Waals surface area contributed by atoms with Crippen molar-refractivity contribution >= 4 is 6.03 Å². The third-order valence-corrected chi connectivity index (χ3v) is 4.74. The molecule has 2 aromatic rings. The number of urea groups is 1. The Morgan fingerprint density at radius 1 is 1.40 bits per heavy atom. The summed E-state index contributed by atoms with van der Waals surface area (Å²) in [7, 11) is 0. The van der Waals surface area contributed by atoms with Crippen molar-refractivity contribution in [2.75, 3.05) is 19.7 Å². The largest absolute Gasteiger partial charge is 0.395 e. The van der Waals surface area contributed by atoms with Gasteiger partial charge in [-0.3, -0.25) is 0 Å². The summed E-state index contributed by atoms with van der Waals surface area (Å²) >= 11 is 0. The fraction of sp³-hybridized carbons (Fsp3) is 0.474. The van der Waals surface area contributed by atoms with Crippen LogP contribution in [0.25, 0.3) is 0 Å². The van der Waals surface area contributed by atoms with Crippen LogP contribution in [0, 0.1) is 0 Å². The van der Waals surface area contributed by atoms with Gasteiger partial charge in [0.05, 0.1) is 19.0 Å². The zero-order valence-corrected chi connectivity index (χ0v) is 14.5. The van der Waals surface area contributed by atoms with E-state index in [9.17, 15) is 9.90 Å². The Hall–Kier alpha value is -2.34. The fourth-order valence-electron chi connectivity index (χ4n) is 3.54. The molecule has 0 radical (unpaired) electrons. The molecule has 1 aromatic carbocycles. The predicted octanol–water partition coefficient (Wildman–Crippen LogP) is 2.35. The number of carbonyl (C=O) groups is 1. The zero-order valence-electron chi connectivity index (χ0n) is 14.5. The molecular formula is C19H26N4O2. The molecule has 6 nitrogen and oxygen atoms in total. The van der Waals surface area contributed by atoms with Gasteiger partial charge in [0, 0.05) is 32.0 Å². The van der Waals surface area contributed by atoms with E-state index >= 15 is 0 Å². The fourth-order valence-corrected chi connectivity index (χ4v) is 3.54. The van der Waals surface area contributed by atoms with Crippen molar-refractivity contribution < 1.29 is 9.90 Å². The van der Waals surface area contributed by atoms with E-state index in [0.717, 1.165) is 32.2 Å². The second-order valence-corrected chi connectivity index (χ2v) is 6.41. The van der Waals surface area contributed by atoms with Gasteiger partial charge in [-0.05, 0) is 36.8 Å². The molecule has 1 aliphatic carbocycles. The first-order valence-corrected chi connectivity index (χ1v) is 8.98. The molecule has 2 amide bonds. The number of imidazole rings is 1. The smallest absolute Gasteiger partial charge is 0.317 e. The van der Waals surface area contributed by atoms with E-state index in [1.165, 1.54) is 11.1 Å². The van der Waals surface area contributed by atoms with Crippen LogP contribution in [-0.2, 0) is 13.0 Å². The molecule has 1 aliphatic rings. The van der Waals surface area contributed by atoms with Crippen LogP contribution in [0.2, 0.25) is 0 Å². The van der Waals surface area contributed by atoms with Crippen LogP contribution < -0.4 is 5.32 Å². The quantitative estimate of drug-likeness (QED) is 0.759. The summed E-state index contributed by atoms with van der Waals surface area (Å²) in [5, 5.41) is 12.4. The highest BCUT2D eigenvalue weighted by Crippen LogP contribution is 2.34. The number of fused-ring (bicyclic) bond motifs is 1. The molecule has 3 rings (SSSR count). The van der Waals surface area contributed by atoms with Gasteiger partial charge in [-0.1, -0.05) is 24.3 Å². The van der Waals surface area contributed by atoms with Crippen LogP contribution in [0.3, 0.4) is 0 Å². The topological polar surface area (TPSA) is 70.4 Å². The second kappa shape index (κ2) is 8.67. The summed E-state index contributed by atoms with van der Waals surface area (Å²) in [6.07, 6.45) is 9.36. The molecule has 6 heteroatoms. The molecule has 0 spiro atoms. The average Bonchev–Trinajstić information content (AvgIpc) is 3.16. The van der Waals surface area contributed by atoms with Crippen molar-refractivity contribution in [3.8, 4) is 0 Å². The normalized spacial score (nSPS) is 16.3. The van der Waals surface area contributed by atoms with E-state index in [4.69, 9.17) is 0 Å². The molecule has 0 fully saturated rings. The minimum Gasteiger partial charge on any atom is -0.395 e. The number of nitrogens with one attached hydrogen (secondary N) is 1. The summed E-state index contributed by atoms with van der Waals surface area (Å²) in [5.74, 6) is 0. The minimum absolute atomic E-state index is 0.0267. The zero-order chi connectivity index (χ0) is 17.5. The summed E-state index contributed by atoms with van der Waals surface area (Å²) in [6, 6.07) is 8.27. The summed E-state index contributed by atoms with van der Waals surface area (Å²) in [5.41, 5.74) is 2.53. The van der Waals surface area contributed by atoms with Gasteiger partial charge in [0.15, 0.2) is 0 Å². The lowest BCUT2D eigenvalue weighted by molar-refractivity contribution is 0.144. The van der Waals surface area contributed by atoms with Crippen molar-refractivity contribution in [3.63, 3.8) is 0 Å². The van der Waals surface area contributed by atoms with Crippen molar-refractivity contribution in [2.24, 2.45) is 0 Å². The maximum absolute atomic E-state index is 12.7. The first-order valence-electron chi connectivity index (χ1n) is 8.98. The predicted molar refractivity (Wildman–Crippen MR) is 96.2 cm³/mol. The molecule has 1 heterocycles. The van der Waals surface area contributed by atoms with Crippen molar-refractivity contribution in [3.05, 3.63) is 54.1 Å². The number of benzene rings is 1. The molecule has 0 saturated carbocycles. The van der Waals surface area contributed by atoms with Crippen LogP contribution in [0.1, 0.15) is 36.4 Å². The Kier molecular flexibility index (Phi) is 6.06. The van der Waals surface area contributed by atoms with Gasteiger partial charge in [-0.2, -0.15) is 0 Å². The second-order valence-electron chi connectivity index (χ2n) is 6.41. The standard InChI is InChI=1S/C19H26N4O2/c24-14-13-23(18-8-3-6-16-5-1-2-7-17(16)18)19(25)21-9-4-11-22-12-10-20-15-22/h1-2,5,7,10,12,15,18,24H,3-4,6,8-9,11,13-14H2,(H,21,25). The van der Waals surface area contributed by atoms with Gasteiger partial charge in [0.25, 0.3) is 0 Å². The lowest BCUT2D eigenvalue weighted by Gasteiger charge is -2.35. The monoisotopic (exact) mass is 342 g/mol. The Morgan fingerprint density at radius 2 is 2.28 bits per heavy atom. The molecule has 25 heavy (non-hydrogen) atoms. The van der Waals surface area contributed by atoms with Crippen LogP contribution in [-0.4, -0.2) is 45.3 Å². The maximum atomic E-state index is 12.7. The average molecular weight is 342 g/mol. The van der Waals surface area contributed by atoms with E-state index < -0.39 is 0 Å². The number of aliphatic hydroxyl groups excluding tert-OH is 1. The highest BCUT2D eigenvalue weighted by atomic mass is 16.3. The number of amides is 2. The number of aliphatic hydroxyl groups is 1. The van der Waals surface area contributed by atoms with Crippen molar-refractivity contribution in [1.82, 2.24) is 19.8 Å². The Bertz CT molecular complexity index is 672. The van der Waals surface area contributed by atoms with Gasteiger partial charge >= 0.3 is 6.03 Å². The van der Waals surface area contributed by atoms with Crippen LogP contribution in [0.15, 0.2) is 43.0 Å². The van der Waals surface area contributed by atoms with Crippen LogP contribution in [0.5, 0.6) is 0 Å². The molecule has 134 valence electrons. The number of rotatable bonds is 7. The van der Waals surface area contributed by atoms with Gasteiger partial charge < -0.3 is 19.9 Å². The van der Waals surface area contributed by atoms with Crippen LogP contribution in [0.4, 0.5) is 4.79 Å². The van der Waals surface area contributed by atoms with E-state index in [-0.39, 0.29) is 18.7 Å². The number of hydrogen-bond acceptors (Lipinski definition) is 3. The van der Waals surface area contributed by atoms with E-state index in [1.807, 2.05) is 22.9 Å². The van der Waals surface area contributed by atoms with Gasteiger partial charge in [-0.25, -0.2) is 9.78 Å².